The highest BCUT2D eigenvalue weighted by molar-refractivity contribution is 14.1. The first-order chi connectivity index (χ1) is 7.22. The molecular weight excluding hydrogens is 324 g/mol. The van der Waals surface area contributed by atoms with Crippen LogP contribution in [-0.2, 0) is 4.74 Å². The number of rotatable bonds is 1. The van der Waals surface area contributed by atoms with E-state index >= 15 is 0 Å². The zero-order valence-corrected chi connectivity index (χ0v) is 11.5. The Labute approximate surface area is 107 Å². The first-order valence-electron chi connectivity index (χ1n) is 4.69. The van der Waals surface area contributed by atoms with Crippen molar-refractivity contribution in [2.24, 2.45) is 0 Å². The molecule has 0 aliphatic rings. The summed E-state index contributed by atoms with van der Waals surface area (Å²) in [7, 11) is 0. The molecule has 0 aliphatic carbocycles. The van der Waals surface area contributed by atoms with E-state index in [4.69, 9.17) is 10.5 Å². The van der Waals surface area contributed by atoms with Crippen molar-refractivity contribution in [3.05, 3.63) is 27.1 Å². The summed E-state index contributed by atoms with van der Waals surface area (Å²) in [4.78, 5) is 11.7. The van der Waals surface area contributed by atoms with Crippen molar-refractivity contribution in [1.82, 2.24) is 0 Å². The lowest BCUT2D eigenvalue weighted by Gasteiger charge is -2.20. The number of benzene rings is 1. The average molecular weight is 337 g/mol. The van der Waals surface area contributed by atoms with Crippen LogP contribution in [0.15, 0.2) is 12.1 Å². The van der Waals surface area contributed by atoms with Crippen molar-refractivity contribution in [1.29, 1.82) is 0 Å². The van der Waals surface area contributed by atoms with Crippen LogP contribution in [0.3, 0.4) is 0 Å². The van der Waals surface area contributed by atoms with Gasteiger partial charge in [-0.3, -0.25) is 0 Å². The van der Waals surface area contributed by atoms with Gasteiger partial charge < -0.3 is 10.5 Å². The largest absolute Gasteiger partial charge is 0.456 e. The van der Waals surface area contributed by atoms with Crippen molar-refractivity contribution in [2.75, 3.05) is 5.73 Å². The van der Waals surface area contributed by atoms with Crippen molar-refractivity contribution in [2.45, 2.75) is 26.4 Å². The molecule has 1 aromatic carbocycles. The predicted molar refractivity (Wildman–Crippen MR) is 68.7 cm³/mol. The van der Waals surface area contributed by atoms with Crippen LogP contribution in [-0.4, -0.2) is 11.6 Å². The van der Waals surface area contributed by atoms with E-state index in [9.17, 15) is 9.18 Å². The number of carbonyl (C=O) groups excluding carboxylic acids is 1. The second-order valence-electron chi connectivity index (χ2n) is 4.33. The minimum Gasteiger partial charge on any atom is -0.456 e. The Kier molecular flexibility index (Phi) is 3.77. The molecule has 0 radical (unpaired) electrons. The number of halogens is 2. The topological polar surface area (TPSA) is 52.3 Å². The summed E-state index contributed by atoms with van der Waals surface area (Å²) in [6.07, 6.45) is 0. The summed E-state index contributed by atoms with van der Waals surface area (Å²) in [5.74, 6) is -1.31. The lowest BCUT2D eigenvalue weighted by molar-refractivity contribution is 0.00635. The monoisotopic (exact) mass is 337 g/mol. The quantitative estimate of drug-likeness (QED) is 0.487. The maximum atomic E-state index is 13.5. The van der Waals surface area contributed by atoms with Gasteiger partial charge in [0.2, 0.25) is 0 Å². The number of ether oxygens (including phenoxy) is 1. The Morgan fingerprint density at radius 2 is 2.00 bits per heavy atom. The molecule has 0 saturated heterocycles. The van der Waals surface area contributed by atoms with E-state index in [0.717, 1.165) is 6.07 Å². The SMILES string of the molecule is CC(C)(C)OC(=O)c1c(F)ccc(N)c1I. The number of anilines is 1. The van der Waals surface area contributed by atoms with Gasteiger partial charge in [0.15, 0.2) is 0 Å². The molecule has 16 heavy (non-hydrogen) atoms. The third kappa shape index (κ3) is 3.07. The fourth-order valence-electron chi connectivity index (χ4n) is 1.08. The Bertz CT molecular complexity index is 427. The molecule has 0 aliphatic heterocycles. The molecule has 3 nitrogen and oxygen atoms in total. The molecule has 0 aromatic heterocycles. The molecule has 88 valence electrons. The Hall–Kier alpha value is -0.850. The van der Waals surface area contributed by atoms with Crippen molar-refractivity contribution < 1.29 is 13.9 Å². The zero-order valence-electron chi connectivity index (χ0n) is 9.30. The zero-order chi connectivity index (χ0) is 12.5. The lowest BCUT2D eigenvalue weighted by Crippen LogP contribution is -2.25. The van der Waals surface area contributed by atoms with Crippen LogP contribution in [0, 0.1) is 9.39 Å². The minimum absolute atomic E-state index is 0.101. The average Bonchev–Trinajstić information content (AvgIpc) is 2.09. The summed E-state index contributed by atoms with van der Waals surface area (Å²) in [5.41, 5.74) is 5.22. The maximum absolute atomic E-state index is 13.5. The predicted octanol–water partition coefficient (Wildman–Crippen LogP) is 2.97. The van der Waals surface area contributed by atoms with Gasteiger partial charge in [-0.1, -0.05) is 0 Å². The Morgan fingerprint density at radius 1 is 1.44 bits per heavy atom. The first kappa shape index (κ1) is 13.2. The fourth-order valence-corrected chi connectivity index (χ4v) is 1.74. The summed E-state index contributed by atoms with van der Waals surface area (Å²) in [6.45, 7) is 5.17. The van der Waals surface area contributed by atoms with E-state index in [-0.39, 0.29) is 5.56 Å². The van der Waals surface area contributed by atoms with Crippen LogP contribution in [0.2, 0.25) is 0 Å². The van der Waals surface area contributed by atoms with E-state index in [1.807, 2.05) is 22.6 Å². The molecule has 0 bridgehead atoms. The number of nitrogens with two attached hydrogens (primary N) is 1. The number of hydrogen-bond acceptors (Lipinski definition) is 3. The van der Waals surface area contributed by atoms with Gasteiger partial charge in [-0.2, -0.15) is 0 Å². The van der Waals surface area contributed by atoms with Crippen LogP contribution < -0.4 is 5.73 Å². The van der Waals surface area contributed by atoms with Crippen LogP contribution in [0.1, 0.15) is 31.1 Å². The van der Waals surface area contributed by atoms with Gasteiger partial charge in [-0.05, 0) is 55.5 Å². The smallest absolute Gasteiger partial charge is 0.342 e. The lowest BCUT2D eigenvalue weighted by atomic mass is 10.1. The second-order valence-corrected chi connectivity index (χ2v) is 5.41. The molecule has 0 atom stereocenters. The summed E-state index contributed by atoms with van der Waals surface area (Å²) < 4.78 is 19.0. The molecule has 0 heterocycles. The summed E-state index contributed by atoms with van der Waals surface area (Å²) in [6, 6.07) is 2.59. The van der Waals surface area contributed by atoms with E-state index in [1.54, 1.807) is 20.8 Å². The number of esters is 1. The molecule has 5 heteroatoms. The van der Waals surface area contributed by atoms with Gasteiger partial charge in [0, 0.05) is 5.69 Å². The highest BCUT2D eigenvalue weighted by Gasteiger charge is 2.23. The van der Waals surface area contributed by atoms with Gasteiger partial charge in [-0.15, -0.1) is 0 Å². The number of nitrogen functional groups attached to an aromatic ring is 1. The molecule has 0 saturated carbocycles. The van der Waals surface area contributed by atoms with Crippen molar-refractivity contribution in [3.63, 3.8) is 0 Å². The molecule has 2 N–H and O–H groups in total. The third-order valence-corrected chi connectivity index (χ3v) is 2.89. The van der Waals surface area contributed by atoms with Gasteiger partial charge in [0.25, 0.3) is 0 Å². The molecule has 1 rings (SSSR count). The first-order valence-corrected chi connectivity index (χ1v) is 5.77. The normalized spacial score (nSPS) is 11.3. The van der Waals surface area contributed by atoms with E-state index < -0.39 is 17.4 Å². The molecule has 0 amide bonds. The van der Waals surface area contributed by atoms with E-state index in [1.165, 1.54) is 6.07 Å². The van der Waals surface area contributed by atoms with Crippen molar-refractivity contribution >= 4 is 34.2 Å². The molecule has 0 fully saturated rings. The standard InChI is InChI=1S/C11H13FINO2/c1-11(2,3)16-10(15)8-6(12)4-5-7(14)9(8)13/h4-5H,14H2,1-3H3. The van der Waals surface area contributed by atoms with Crippen LogP contribution in [0.25, 0.3) is 0 Å². The molecule has 0 spiro atoms. The van der Waals surface area contributed by atoms with E-state index in [2.05, 4.69) is 0 Å². The van der Waals surface area contributed by atoms with Gasteiger partial charge in [-0.25, -0.2) is 9.18 Å². The fraction of sp³-hybridized carbons (Fsp3) is 0.364. The molecule has 0 unspecified atom stereocenters. The molecule has 1 aromatic rings. The van der Waals surface area contributed by atoms with Crippen LogP contribution in [0.5, 0.6) is 0 Å². The van der Waals surface area contributed by atoms with Gasteiger partial charge in [0.1, 0.15) is 17.0 Å². The minimum atomic E-state index is -0.693. The number of hydrogen-bond donors (Lipinski definition) is 1. The third-order valence-electron chi connectivity index (χ3n) is 1.72. The van der Waals surface area contributed by atoms with E-state index in [0.29, 0.717) is 9.26 Å². The van der Waals surface area contributed by atoms with Crippen molar-refractivity contribution in [3.8, 4) is 0 Å². The Morgan fingerprint density at radius 3 is 2.50 bits per heavy atom. The Balaban J connectivity index is 3.14. The van der Waals surface area contributed by atoms with Gasteiger partial charge >= 0.3 is 5.97 Å². The van der Waals surface area contributed by atoms with Crippen LogP contribution >= 0.6 is 22.6 Å². The highest BCUT2D eigenvalue weighted by Crippen LogP contribution is 2.24. The number of carbonyl (C=O) groups is 1. The summed E-state index contributed by atoms with van der Waals surface area (Å²) >= 11 is 1.83. The second kappa shape index (κ2) is 4.57. The van der Waals surface area contributed by atoms with Gasteiger partial charge in [0.05, 0.1) is 3.57 Å². The molecular formula is C11H13FINO2. The maximum Gasteiger partial charge on any atom is 0.342 e. The summed E-state index contributed by atoms with van der Waals surface area (Å²) in [5, 5.41) is 0. The van der Waals surface area contributed by atoms with Crippen LogP contribution in [0.4, 0.5) is 10.1 Å². The highest BCUT2D eigenvalue weighted by atomic mass is 127.